The average molecular weight is 279 g/mol. The Labute approximate surface area is 115 Å². The monoisotopic (exact) mass is 279 g/mol. The quantitative estimate of drug-likeness (QED) is 0.572. The van der Waals surface area contributed by atoms with E-state index in [0.29, 0.717) is 0 Å². The van der Waals surface area contributed by atoms with Gasteiger partial charge in [-0.2, -0.15) is 0 Å². The molecule has 0 aromatic heterocycles. The van der Waals surface area contributed by atoms with Crippen molar-refractivity contribution in [2.75, 3.05) is 5.32 Å². The summed E-state index contributed by atoms with van der Waals surface area (Å²) in [6.07, 6.45) is 3.78. The van der Waals surface area contributed by atoms with Crippen molar-refractivity contribution < 1.29 is 14.8 Å². The highest BCUT2D eigenvalue weighted by atomic mass is 16.6. The van der Waals surface area contributed by atoms with Gasteiger partial charge in [0, 0.05) is 24.2 Å². The second kappa shape index (κ2) is 5.87. The fourth-order valence-electron chi connectivity index (χ4n) is 2.49. The van der Waals surface area contributed by atoms with Gasteiger partial charge in [-0.15, -0.1) is 0 Å². The van der Waals surface area contributed by atoms with Crippen LogP contribution in [0.1, 0.15) is 36.0 Å². The summed E-state index contributed by atoms with van der Waals surface area (Å²) in [5.41, 5.74) is 6.15. The predicted octanol–water partition coefficient (Wildman–Crippen LogP) is 1.97. The summed E-state index contributed by atoms with van der Waals surface area (Å²) in [5.74, 6) is -1.12. The molecule has 108 valence electrons. The van der Waals surface area contributed by atoms with Crippen LogP contribution in [0.5, 0.6) is 0 Å². The Morgan fingerprint density at radius 1 is 1.40 bits per heavy atom. The van der Waals surface area contributed by atoms with E-state index in [4.69, 9.17) is 10.8 Å². The Hall–Kier alpha value is -2.15. The zero-order valence-corrected chi connectivity index (χ0v) is 10.9. The second-order valence-electron chi connectivity index (χ2n) is 4.99. The van der Waals surface area contributed by atoms with Gasteiger partial charge in [0.2, 0.25) is 0 Å². The van der Waals surface area contributed by atoms with E-state index in [1.807, 2.05) is 0 Å². The van der Waals surface area contributed by atoms with E-state index in [2.05, 4.69) is 5.32 Å². The molecule has 0 bridgehead atoms. The van der Waals surface area contributed by atoms with E-state index in [1.54, 1.807) is 0 Å². The summed E-state index contributed by atoms with van der Waals surface area (Å²) in [6, 6.07) is 3.57. The molecule has 7 heteroatoms. The number of benzene rings is 1. The standard InChI is InChI=1S/C13H17N3O4/c14-10-3-1-2-4-11(10)15-12-7-8(16(19)20)5-6-9(12)13(17)18/h5-7,10-11,15H,1-4,14H2,(H,17,18). The van der Waals surface area contributed by atoms with Gasteiger partial charge in [-0.1, -0.05) is 12.8 Å². The zero-order chi connectivity index (χ0) is 14.7. The second-order valence-corrected chi connectivity index (χ2v) is 4.99. The first-order chi connectivity index (χ1) is 9.49. The van der Waals surface area contributed by atoms with Crippen molar-refractivity contribution >= 4 is 17.3 Å². The SMILES string of the molecule is NC1CCCCC1Nc1cc([N+](=O)[O-])ccc1C(=O)O. The number of nitrogens with one attached hydrogen (secondary N) is 1. The van der Waals surface area contributed by atoms with Crippen molar-refractivity contribution in [2.24, 2.45) is 5.73 Å². The predicted molar refractivity (Wildman–Crippen MR) is 73.9 cm³/mol. The number of nitro benzene ring substituents is 1. The van der Waals surface area contributed by atoms with Crippen LogP contribution < -0.4 is 11.1 Å². The average Bonchev–Trinajstić information content (AvgIpc) is 2.41. The summed E-state index contributed by atoms with van der Waals surface area (Å²) < 4.78 is 0. The third-order valence-corrected chi connectivity index (χ3v) is 3.60. The molecule has 0 saturated heterocycles. The highest BCUT2D eigenvalue weighted by Crippen LogP contribution is 2.27. The molecule has 0 spiro atoms. The van der Waals surface area contributed by atoms with E-state index >= 15 is 0 Å². The summed E-state index contributed by atoms with van der Waals surface area (Å²) in [5, 5.41) is 23.0. The van der Waals surface area contributed by atoms with Crippen LogP contribution in [0.15, 0.2) is 18.2 Å². The number of non-ortho nitro benzene ring substituents is 1. The number of anilines is 1. The third kappa shape index (κ3) is 3.05. The maximum atomic E-state index is 11.2. The van der Waals surface area contributed by atoms with E-state index < -0.39 is 10.9 Å². The minimum Gasteiger partial charge on any atom is -0.478 e. The van der Waals surface area contributed by atoms with Crippen molar-refractivity contribution in [1.82, 2.24) is 0 Å². The third-order valence-electron chi connectivity index (χ3n) is 3.60. The number of nitro groups is 1. The summed E-state index contributed by atoms with van der Waals surface area (Å²) >= 11 is 0. The molecule has 0 amide bonds. The fourth-order valence-corrected chi connectivity index (χ4v) is 2.49. The van der Waals surface area contributed by atoms with Crippen molar-refractivity contribution in [3.8, 4) is 0 Å². The normalized spacial score (nSPS) is 22.2. The number of carboxylic acid groups (broad SMARTS) is 1. The number of carboxylic acids is 1. The smallest absolute Gasteiger partial charge is 0.337 e. The van der Waals surface area contributed by atoms with E-state index in [-0.39, 0.29) is 29.0 Å². The highest BCUT2D eigenvalue weighted by molar-refractivity contribution is 5.94. The topological polar surface area (TPSA) is 118 Å². The lowest BCUT2D eigenvalue weighted by molar-refractivity contribution is -0.384. The van der Waals surface area contributed by atoms with Crippen LogP contribution in [0, 0.1) is 10.1 Å². The Morgan fingerprint density at radius 3 is 2.70 bits per heavy atom. The van der Waals surface area contributed by atoms with Gasteiger partial charge in [0.05, 0.1) is 16.2 Å². The summed E-state index contributed by atoms with van der Waals surface area (Å²) in [7, 11) is 0. The lowest BCUT2D eigenvalue weighted by Gasteiger charge is -2.30. The van der Waals surface area contributed by atoms with Gasteiger partial charge < -0.3 is 16.2 Å². The first-order valence-corrected chi connectivity index (χ1v) is 6.53. The van der Waals surface area contributed by atoms with Gasteiger partial charge in [-0.3, -0.25) is 10.1 Å². The molecule has 2 atom stereocenters. The highest BCUT2D eigenvalue weighted by Gasteiger charge is 2.24. The molecule has 0 aliphatic heterocycles. The number of rotatable bonds is 4. The Morgan fingerprint density at radius 2 is 2.10 bits per heavy atom. The number of aromatic carboxylic acids is 1. The van der Waals surface area contributed by atoms with E-state index in [1.165, 1.54) is 18.2 Å². The Bertz CT molecular complexity index is 532. The molecule has 0 heterocycles. The molecule has 4 N–H and O–H groups in total. The van der Waals surface area contributed by atoms with E-state index in [0.717, 1.165) is 25.7 Å². The minimum absolute atomic E-state index is 0.0216. The molecule has 1 aliphatic rings. The number of hydrogen-bond acceptors (Lipinski definition) is 5. The fraction of sp³-hybridized carbons (Fsp3) is 0.462. The minimum atomic E-state index is -1.12. The number of hydrogen-bond donors (Lipinski definition) is 3. The largest absolute Gasteiger partial charge is 0.478 e. The maximum absolute atomic E-state index is 11.2. The van der Waals surface area contributed by atoms with E-state index in [9.17, 15) is 14.9 Å². The molecule has 1 saturated carbocycles. The molecule has 2 unspecified atom stereocenters. The van der Waals surface area contributed by atoms with Gasteiger partial charge in [-0.05, 0) is 18.9 Å². The molecule has 1 aliphatic carbocycles. The summed E-state index contributed by atoms with van der Waals surface area (Å²) in [6.45, 7) is 0. The van der Waals surface area contributed by atoms with Gasteiger partial charge in [-0.25, -0.2) is 4.79 Å². The molecular weight excluding hydrogens is 262 g/mol. The van der Waals surface area contributed by atoms with Gasteiger partial charge >= 0.3 is 5.97 Å². The Balaban J connectivity index is 2.29. The molecule has 7 nitrogen and oxygen atoms in total. The Kier molecular flexibility index (Phi) is 4.19. The van der Waals surface area contributed by atoms with Gasteiger partial charge in [0.15, 0.2) is 0 Å². The molecule has 0 radical (unpaired) electrons. The molecule has 1 fully saturated rings. The zero-order valence-electron chi connectivity index (χ0n) is 10.9. The summed E-state index contributed by atoms with van der Waals surface area (Å²) in [4.78, 5) is 21.4. The van der Waals surface area contributed by atoms with Crippen molar-refractivity contribution in [3.05, 3.63) is 33.9 Å². The first-order valence-electron chi connectivity index (χ1n) is 6.53. The molecular formula is C13H17N3O4. The van der Waals surface area contributed by atoms with Crippen LogP contribution >= 0.6 is 0 Å². The lowest BCUT2D eigenvalue weighted by Crippen LogP contribution is -2.42. The molecule has 20 heavy (non-hydrogen) atoms. The van der Waals surface area contributed by atoms with Crippen LogP contribution in [0.2, 0.25) is 0 Å². The number of nitrogens with two attached hydrogens (primary N) is 1. The van der Waals surface area contributed by atoms with Crippen molar-refractivity contribution in [3.63, 3.8) is 0 Å². The van der Waals surface area contributed by atoms with Gasteiger partial charge in [0.25, 0.3) is 5.69 Å². The number of nitrogens with zero attached hydrogens (tertiary/aromatic N) is 1. The van der Waals surface area contributed by atoms with Crippen LogP contribution in [0.3, 0.4) is 0 Å². The molecule has 2 rings (SSSR count). The van der Waals surface area contributed by atoms with Gasteiger partial charge in [0.1, 0.15) is 0 Å². The van der Waals surface area contributed by atoms with Crippen LogP contribution in [0.25, 0.3) is 0 Å². The lowest BCUT2D eigenvalue weighted by atomic mass is 9.90. The van der Waals surface area contributed by atoms with Crippen LogP contribution in [-0.2, 0) is 0 Å². The first kappa shape index (κ1) is 14.3. The number of carbonyl (C=O) groups is 1. The molecule has 1 aromatic carbocycles. The van der Waals surface area contributed by atoms with Crippen molar-refractivity contribution in [2.45, 2.75) is 37.8 Å². The molecule has 1 aromatic rings. The van der Waals surface area contributed by atoms with Crippen molar-refractivity contribution in [1.29, 1.82) is 0 Å². The maximum Gasteiger partial charge on any atom is 0.337 e. The van der Waals surface area contributed by atoms with Crippen LogP contribution in [-0.4, -0.2) is 28.1 Å². The van der Waals surface area contributed by atoms with Crippen LogP contribution in [0.4, 0.5) is 11.4 Å².